The number of amides is 3. The first-order valence-electron chi connectivity index (χ1n) is 11.1. The number of methoxy groups -OCH3 is 1. The number of benzene rings is 3. The van der Waals surface area contributed by atoms with Crippen LogP contribution in [0.25, 0.3) is 0 Å². The number of urea groups is 1. The molecule has 0 unspecified atom stereocenters. The van der Waals surface area contributed by atoms with Gasteiger partial charge in [-0.2, -0.15) is 0 Å². The maximum Gasteiger partial charge on any atom is 0.324 e. The highest BCUT2D eigenvalue weighted by atomic mass is 16.5. The van der Waals surface area contributed by atoms with Crippen LogP contribution in [0.2, 0.25) is 0 Å². The molecule has 1 saturated heterocycles. The Balaban J connectivity index is 1.57. The molecule has 1 aliphatic heterocycles. The van der Waals surface area contributed by atoms with E-state index in [0.717, 1.165) is 17.5 Å². The molecule has 6 heteroatoms. The van der Waals surface area contributed by atoms with Gasteiger partial charge >= 0.3 is 6.03 Å². The van der Waals surface area contributed by atoms with Crippen molar-refractivity contribution in [2.45, 2.75) is 26.8 Å². The van der Waals surface area contributed by atoms with Crippen molar-refractivity contribution < 1.29 is 14.3 Å². The lowest BCUT2D eigenvalue weighted by atomic mass is 10.1. The number of nitrogens with zero attached hydrogens (tertiary/aromatic N) is 2. The third-order valence-electron chi connectivity index (χ3n) is 5.88. The van der Waals surface area contributed by atoms with E-state index in [1.807, 2.05) is 48.2 Å². The van der Waals surface area contributed by atoms with Gasteiger partial charge in [-0.1, -0.05) is 48.0 Å². The number of hydrogen-bond donors (Lipinski definition) is 1. The Morgan fingerprint density at radius 3 is 2.58 bits per heavy atom. The number of carbonyl (C=O) groups excluding carboxylic acids is 2. The van der Waals surface area contributed by atoms with Crippen LogP contribution in [0, 0.1) is 13.8 Å². The minimum atomic E-state index is -0.185. The monoisotopic (exact) mass is 443 g/mol. The van der Waals surface area contributed by atoms with Gasteiger partial charge in [-0.3, -0.25) is 9.69 Å². The van der Waals surface area contributed by atoms with Gasteiger partial charge in [-0.15, -0.1) is 0 Å². The smallest absolute Gasteiger partial charge is 0.324 e. The lowest BCUT2D eigenvalue weighted by Gasteiger charge is -2.36. The van der Waals surface area contributed by atoms with Crippen LogP contribution in [0.4, 0.5) is 16.2 Å². The molecule has 0 bridgehead atoms. The van der Waals surface area contributed by atoms with Crippen LogP contribution in [-0.2, 0) is 6.54 Å². The first-order chi connectivity index (χ1) is 16.0. The van der Waals surface area contributed by atoms with Gasteiger partial charge in [0.25, 0.3) is 5.91 Å². The van der Waals surface area contributed by atoms with Crippen LogP contribution in [0.3, 0.4) is 0 Å². The zero-order chi connectivity index (χ0) is 23.4. The van der Waals surface area contributed by atoms with E-state index in [2.05, 4.69) is 24.4 Å². The molecule has 0 saturated carbocycles. The number of aryl methyl sites for hydroxylation is 2. The maximum atomic E-state index is 13.4. The molecular formula is C27H29N3O3. The van der Waals surface area contributed by atoms with E-state index in [-0.39, 0.29) is 11.9 Å². The fourth-order valence-corrected chi connectivity index (χ4v) is 4.19. The number of anilines is 2. The van der Waals surface area contributed by atoms with Crippen molar-refractivity contribution >= 4 is 23.3 Å². The summed E-state index contributed by atoms with van der Waals surface area (Å²) in [5.74, 6) is 0.407. The van der Waals surface area contributed by atoms with E-state index < -0.39 is 0 Å². The highest BCUT2D eigenvalue weighted by Crippen LogP contribution is 2.34. The lowest BCUT2D eigenvalue weighted by molar-refractivity contribution is 0.102. The summed E-state index contributed by atoms with van der Waals surface area (Å²) in [5, 5.41) is 2.96. The van der Waals surface area contributed by atoms with E-state index in [1.54, 1.807) is 30.2 Å². The molecule has 6 nitrogen and oxygen atoms in total. The van der Waals surface area contributed by atoms with Crippen molar-refractivity contribution in [3.63, 3.8) is 0 Å². The SMILES string of the molecule is COc1ccc(NC(=O)c2ccccc2C)cc1N1CCCN(Cc2cccc(C)c2)C1=O. The lowest BCUT2D eigenvalue weighted by Crippen LogP contribution is -2.49. The Morgan fingerprint density at radius 2 is 1.82 bits per heavy atom. The Bertz CT molecular complexity index is 1170. The normalized spacial score (nSPS) is 13.7. The minimum Gasteiger partial charge on any atom is -0.495 e. The van der Waals surface area contributed by atoms with E-state index >= 15 is 0 Å². The van der Waals surface area contributed by atoms with Crippen LogP contribution in [0.5, 0.6) is 5.75 Å². The molecule has 3 amide bonds. The molecule has 3 aromatic rings. The van der Waals surface area contributed by atoms with Crippen molar-refractivity contribution in [3.8, 4) is 5.75 Å². The highest BCUT2D eigenvalue weighted by Gasteiger charge is 2.29. The number of ether oxygens (including phenoxy) is 1. The van der Waals surface area contributed by atoms with E-state index in [1.165, 1.54) is 5.56 Å². The van der Waals surface area contributed by atoms with Crippen LogP contribution in [-0.4, -0.2) is 37.0 Å². The first kappa shape index (κ1) is 22.4. The highest BCUT2D eigenvalue weighted by molar-refractivity contribution is 6.06. The van der Waals surface area contributed by atoms with Gasteiger partial charge in [0.15, 0.2) is 0 Å². The summed E-state index contributed by atoms with van der Waals surface area (Å²) in [7, 11) is 1.59. The quantitative estimate of drug-likeness (QED) is 0.555. The Kier molecular flexibility index (Phi) is 6.63. The van der Waals surface area contributed by atoms with E-state index in [0.29, 0.717) is 42.3 Å². The molecule has 1 N–H and O–H groups in total. The maximum absolute atomic E-state index is 13.4. The molecule has 170 valence electrons. The largest absolute Gasteiger partial charge is 0.495 e. The molecule has 0 aliphatic carbocycles. The van der Waals surface area contributed by atoms with Gasteiger partial charge in [0.2, 0.25) is 0 Å². The standard InChI is InChI=1S/C27H29N3O3/c1-19-8-6-10-21(16-19)18-29-14-7-15-30(27(29)32)24-17-22(12-13-25(24)33-3)28-26(31)23-11-5-4-9-20(23)2/h4-6,8-13,16-17H,7,14-15,18H2,1-3H3,(H,28,31). The average molecular weight is 444 g/mol. The second-order valence-electron chi connectivity index (χ2n) is 8.35. The molecule has 1 fully saturated rings. The second-order valence-corrected chi connectivity index (χ2v) is 8.35. The van der Waals surface area contributed by atoms with Gasteiger partial charge in [-0.25, -0.2) is 4.79 Å². The van der Waals surface area contributed by atoms with Gasteiger partial charge in [0, 0.05) is 30.9 Å². The predicted octanol–water partition coefficient (Wildman–Crippen LogP) is 5.40. The van der Waals surface area contributed by atoms with E-state index in [9.17, 15) is 9.59 Å². The molecule has 4 rings (SSSR count). The molecular weight excluding hydrogens is 414 g/mol. The fourth-order valence-electron chi connectivity index (χ4n) is 4.19. The van der Waals surface area contributed by atoms with Crippen molar-refractivity contribution in [2.24, 2.45) is 0 Å². The molecule has 1 aliphatic rings. The third kappa shape index (κ3) is 5.00. The van der Waals surface area contributed by atoms with Crippen LogP contribution in [0.1, 0.15) is 33.5 Å². The number of nitrogens with one attached hydrogen (secondary N) is 1. The summed E-state index contributed by atoms with van der Waals surface area (Å²) in [5.41, 5.74) is 5.07. The third-order valence-corrected chi connectivity index (χ3v) is 5.88. The molecule has 0 radical (unpaired) electrons. The van der Waals surface area contributed by atoms with Gasteiger partial charge in [-0.05, 0) is 55.7 Å². The zero-order valence-corrected chi connectivity index (χ0v) is 19.3. The minimum absolute atomic E-state index is 0.0663. The van der Waals surface area contributed by atoms with Crippen molar-refractivity contribution in [1.29, 1.82) is 0 Å². The number of rotatable bonds is 6. The summed E-state index contributed by atoms with van der Waals surface area (Å²) in [4.78, 5) is 29.8. The molecule has 0 atom stereocenters. The molecule has 3 aromatic carbocycles. The number of hydrogen-bond acceptors (Lipinski definition) is 3. The van der Waals surface area contributed by atoms with Crippen LogP contribution >= 0.6 is 0 Å². The van der Waals surface area contributed by atoms with Gasteiger partial charge in [0.1, 0.15) is 5.75 Å². The summed E-state index contributed by atoms with van der Waals surface area (Å²) >= 11 is 0. The molecule has 0 spiro atoms. The molecule has 0 aromatic heterocycles. The van der Waals surface area contributed by atoms with Crippen molar-refractivity contribution in [3.05, 3.63) is 89.0 Å². The van der Waals surface area contributed by atoms with Crippen molar-refractivity contribution in [1.82, 2.24) is 4.90 Å². The first-order valence-corrected chi connectivity index (χ1v) is 11.1. The summed E-state index contributed by atoms with van der Waals surface area (Å²) in [6.07, 6.45) is 0.848. The van der Waals surface area contributed by atoms with E-state index in [4.69, 9.17) is 4.74 Å². The van der Waals surface area contributed by atoms with Crippen LogP contribution in [0.15, 0.2) is 66.7 Å². The molecule has 33 heavy (non-hydrogen) atoms. The molecule has 1 heterocycles. The van der Waals surface area contributed by atoms with Gasteiger partial charge in [0.05, 0.1) is 12.8 Å². The van der Waals surface area contributed by atoms with Crippen LogP contribution < -0.4 is 15.0 Å². The summed E-state index contributed by atoms with van der Waals surface area (Å²) in [6.45, 7) is 5.81. The zero-order valence-electron chi connectivity index (χ0n) is 19.3. The predicted molar refractivity (Wildman–Crippen MR) is 131 cm³/mol. The fraction of sp³-hybridized carbons (Fsp3) is 0.259. The average Bonchev–Trinajstić information content (AvgIpc) is 2.81. The second kappa shape index (κ2) is 9.77. The van der Waals surface area contributed by atoms with Gasteiger partial charge < -0.3 is 15.0 Å². The summed E-state index contributed by atoms with van der Waals surface area (Å²) in [6, 6.07) is 21.0. The topological polar surface area (TPSA) is 61.9 Å². The summed E-state index contributed by atoms with van der Waals surface area (Å²) < 4.78 is 5.55. The Hall–Kier alpha value is -3.80. The number of carbonyl (C=O) groups is 2. The van der Waals surface area contributed by atoms with Crippen molar-refractivity contribution in [2.75, 3.05) is 30.4 Å². The Labute approximate surface area is 194 Å². The Morgan fingerprint density at radius 1 is 1.00 bits per heavy atom.